The van der Waals surface area contributed by atoms with Crippen LogP contribution < -0.4 is 5.32 Å². The highest BCUT2D eigenvalue weighted by molar-refractivity contribution is 5.81. The largest absolute Gasteiger partial charge is 0.353 e. The molecule has 94 valence electrons. The number of carbonyl (C=O) groups excluding carboxylic acids is 1. The molecule has 1 aromatic rings. The number of amides is 1. The Morgan fingerprint density at radius 2 is 2.18 bits per heavy atom. The van der Waals surface area contributed by atoms with Crippen molar-refractivity contribution in [3.8, 4) is 0 Å². The maximum atomic E-state index is 12.0. The lowest BCUT2D eigenvalue weighted by molar-refractivity contribution is -0.132. The first-order chi connectivity index (χ1) is 8.18. The smallest absolute Gasteiger partial charge is 0.239 e. The fourth-order valence-corrected chi connectivity index (χ4v) is 2.24. The number of aromatic nitrogens is 1. The standard InChI is InChI=1S/C13H21N3O/c1-11(13(17)16-8-3-4-9-16)14-10-12-6-5-7-15(12)2/h5-7,11,14H,3-4,8-10H2,1-2H3. The molecule has 1 aliphatic rings. The van der Waals surface area contributed by atoms with Crippen LogP contribution in [0.1, 0.15) is 25.5 Å². The number of hydrogen-bond acceptors (Lipinski definition) is 2. The molecule has 0 radical (unpaired) electrons. The second-order valence-electron chi connectivity index (χ2n) is 4.75. The summed E-state index contributed by atoms with van der Waals surface area (Å²) in [7, 11) is 2.02. The van der Waals surface area contributed by atoms with Crippen LogP contribution in [0, 0.1) is 0 Å². The average Bonchev–Trinajstić information content (AvgIpc) is 2.96. The number of nitrogens with zero attached hydrogens (tertiary/aromatic N) is 2. The van der Waals surface area contributed by atoms with Gasteiger partial charge in [-0.2, -0.15) is 0 Å². The molecular weight excluding hydrogens is 214 g/mol. The Labute approximate surface area is 103 Å². The van der Waals surface area contributed by atoms with E-state index in [1.54, 1.807) is 0 Å². The molecule has 1 fully saturated rings. The van der Waals surface area contributed by atoms with E-state index in [4.69, 9.17) is 0 Å². The van der Waals surface area contributed by atoms with E-state index in [1.165, 1.54) is 5.69 Å². The van der Waals surface area contributed by atoms with Crippen molar-refractivity contribution in [1.82, 2.24) is 14.8 Å². The zero-order chi connectivity index (χ0) is 12.3. The third kappa shape index (κ3) is 2.88. The molecule has 2 heterocycles. The highest BCUT2D eigenvalue weighted by Gasteiger charge is 2.22. The van der Waals surface area contributed by atoms with E-state index in [-0.39, 0.29) is 11.9 Å². The number of nitrogens with one attached hydrogen (secondary N) is 1. The maximum absolute atomic E-state index is 12.0. The Morgan fingerprint density at radius 3 is 2.76 bits per heavy atom. The first-order valence-electron chi connectivity index (χ1n) is 6.31. The van der Waals surface area contributed by atoms with Gasteiger partial charge in [-0.25, -0.2) is 0 Å². The summed E-state index contributed by atoms with van der Waals surface area (Å²) in [6.07, 6.45) is 4.32. The summed E-state index contributed by atoms with van der Waals surface area (Å²) in [6, 6.07) is 3.99. The van der Waals surface area contributed by atoms with Gasteiger partial charge in [0, 0.05) is 38.6 Å². The Hall–Kier alpha value is -1.29. The van der Waals surface area contributed by atoms with Crippen molar-refractivity contribution in [1.29, 1.82) is 0 Å². The van der Waals surface area contributed by atoms with Crippen LogP contribution in [0.2, 0.25) is 0 Å². The third-order valence-corrected chi connectivity index (χ3v) is 3.43. The number of likely N-dealkylation sites (tertiary alicyclic amines) is 1. The van der Waals surface area contributed by atoms with Crippen molar-refractivity contribution in [2.75, 3.05) is 13.1 Å². The molecule has 17 heavy (non-hydrogen) atoms. The Balaban J connectivity index is 1.82. The second-order valence-corrected chi connectivity index (χ2v) is 4.75. The molecule has 1 unspecified atom stereocenters. The molecule has 1 aliphatic heterocycles. The molecule has 1 atom stereocenters. The molecule has 1 saturated heterocycles. The monoisotopic (exact) mass is 235 g/mol. The molecule has 0 aromatic carbocycles. The van der Waals surface area contributed by atoms with Crippen LogP contribution in [0.5, 0.6) is 0 Å². The van der Waals surface area contributed by atoms with E-state index in [2.05, 4.69) is 16.0 Å². The van der Waals surface area contributed by atoms with Gasteiger partial charge < -0.3 is 14.8 Å². The first-order valence-corrected chi connectivity index (χ1v) is 6.31. The predicted octanol–water partition coefficient (Wildman–Crippen LogP) is 1.13. The number of rotatable bonds is 4. The van der Waals surface area contributed by atoms with Gasteiger partial charge in [-0.1, -0.05) is 0 Å². The van der Waals surface area contributed by atoms with Gasteiger partial charge in [0.1, 0.15) is 0 Å². The van der Waals surface area contributed by atoms with Crippen molar-refractivity contribution < 1.29 is 4.79 Å². The van der Waals surface area contributed by atoms with Gasteiger partial charge in [-0.3, -0.25) is 4.79 Å². The lowest BCUT2D eigenvalue weighted by atomic mass is 10.2. The average molecular weight is 235 g/mol. The molecule has 0 aliphatic carbocycles. The van der Waals surface area contributed by atoms with Gasteiger partial charge in [0.2, 0.25) is 5.91 Å². The molecule has 4 heteroatoms. The van der Waals surface area contributed by atoms with Gasteiger partial charge in [0.05, 0.1) is 6.04 Å². The fraction of sp³-hybridized carbons (Fsp3) is 0.615. The van der Waals surface area contributed by atoms with Gasteiger partial charge in [-0.05, 0) is 31.9 Å². The number of carbonyl (C=O) groups is 1. The molecule has 2 rings (SSSR count). The van der Waals surface area contributed by atoms with Crippen LogP contribution >= 0.6 is 0 Å². The molecule has 0 bridgehead atoms. The number of hydrogen-bond donors (Lipinski definition) is 1. The topological polar surface area (TPSA) is 37.3 Å². The highest BCUT2D eigenvalue weighted by Crippen LogP contribution is 2.09. The molecule has 1 aromatic heterocycles. The minimum absolute atomic E-state index is 0.0944. The third-order valence-electron chi connectivity index (χ3n) is 3.43. The molecule has 0 spiro atoms. The van der Waals surface area contributed by atoms with Gasteiger partial charge in [-0.15, -0.1) is 0 Å². The lowest BCUT2D eigenvalue weighted by Gasteiger charge is -2.21. The lowest BCUT2D eigenvalue weighted by Crippen LogP contribution is -2.43. The van der Waals surface area contributed by atoms with E-state index < -0.39 is 0 Å². The minimum Gasteiger partial charge on any atom is -0.353 e. The van der Waals surface area contributed by atoms with Gasteiger partial charge >= 0.3 is 0 Å². The molecule has 1 amide bonds. The molecule has 4 nitrogen and oxygen atoms in total. The predicted molar refractivity (Wildman–Crippen MR) is 67.5 cm³/mol. The summed E-state index contributed by atoms with van der Waals surface area (Å²) in [5, 5.41) is 3.29. The van der Waals surface area contributed by atoms with Crippen LogP contribution in [-0.2, 0) is 18.4 Å². The van der Waals surface area contributed by atoms with Crippen LogP contribution in [0.3, 0.4) is 0 Å². The van der Waals surface area contributed by atoms with Crippen LogP contribution in [-0.4, -0.2) is 34.5 Å². The first kappa shape index (κ1) is 12.2. The van der Waals surface area contributed by atoms with E-state index in [9.17, 15) is 4.79 Å². The fourth-order valence-electron chi connectivity index (χ4n) is 2.24. The van der Waals surface area contributed by atoms with Gasteiger partial charge in [0.15, 0.2) is 0 Å². The van der Waals surface area contributed by atoms with Crippen molar-refractivity contribution >= 4 is 5.91 Å². The Morgan fingerprint density at radius 1 is 1.47 bits per heavy atom. The second kappa shape index (κ2) is 5.36. The van der Waals surface area contributed by atoms with Crippen molar-refractivity contribution in [2.45, 2.75) is 32.4 Å². The van der Waals surface area contributed by atoms with Crippen LogP contribution in [0.15, 0.2) is 18.3 Å². The zero-order valence-corrected chi connectivity index (χ0v) is 10.6. The molecule has 0 saturated carbocycles. The van der Waals surface area contributed by atoms with E-state index in [0.717, 1.165) is 32.5 Å². The number of aryl methyl sites for hydroxylation is 1. The van der Waals surface area contributed by atoms with Gasteiger partial charge in [0.25, 0.3) is 0 Å². The Kier molecular flexibility index (Phi) is 3.84. The summed E-state index contributed by atoms with van der Waals surface area (Å²) in [6.45, 7) is 4.54. The summed E-state index contributed by atoms with van der Waals surface area (Å²) in [4.78, 5) is 14.0. The summed E-state index contributed by atoms with van der Waals surface area (Å²) in [5.74, 6) is 0.233. The van der Waals surface area contributed by atoms with Crippen LogP contribution in [0.4, 0.5) is 0 Å². The normalized spacial score (nSPS) is 17.4. The Bertz CT molecular complexity index is 380. The SMILES string of the molecule is CC(NCc1cccn1C)C(=O)N1CCCC1. The quantitative estimate of drug-likeness (QED) is 0.849. The maximum Gasteiger partial charge on any atom is 0.239 e. The summed E-state index contributed by atoms with van der Waals surface area (Å²) >= 11 is 0. The summed E-state index contributed by atoms with van der Waals surface area (Å²) < 4.78 is 2.07. The van der Waals surface area contributed by atoms with Crippen molar-refractivity contribution in [3.63, 3.8) is 0 Å². The van der Waals surface area contributed by atoms with E-state index in [1.807, 2.05) is 31.1 Å². The highest BCUT2D eigenvalue weighted by atomic mass is 16.2. The van der Waals surface area contributed by atoms with E-state index in [0.29, 0.717) is 0 Å². The molecule has 1 N–H and O–H groups in total. The minimum atomic E-state index is -0.0944. The summed E-state index contributed by atoms with van der Waals surface area (Å²) in [5.41, 5.74) is 1.20. The van der Waals surface area contributed by atoms with E-state index >= 15 is 0 Å². The molecular formula is C13H21N3O. The zero-order valence-electron chi connectivity index (χ0n) is 10.6. The van der Waals surface area contributed by atoms with Crippen LogP contribution in [0.25, 0.3) is 0 Å². The van der Waals surface area contributed by atoms with Crippen molar-refractivity contribution in [3.05, 3.63) is 24.0 Å². The van der Waals surface area contributed by atoms with Crippen molar-refractivity contribution in [2.24, 2.45) is 7.05 Å².